The first-order valence-corrected chi connectivity index (χ1v) is 11.3. The van der Waals surface area contributed by atoms with Crippen molar-refractivity contribution >= 4 is 17.0 Å². The molecule has 31 heavy (non-hydrogen) atoms. The second-order valence-corrected chi connectivity index (χ2v) is 8.47. The normalized spacial score (nSPS) is 20.2. The van der Waals surface area contributed by atoms with Crippen molar-refractivity contribution in [3.63, 3.8) is 0 Å². The lowest BCUT2D eigenvalue weighted by atomic mass is 9.97. The Bertz CT molecular complexity index is 1010. The molecule has 1 aromatic heterocycles. The third-order valence-corrected chi connectivity index (χ3v) is 6.28. The molecule has 2 unspecified atom stereocenters. The highest BCUT2D eigenvalue weighted by molar-refractivity contribution is 5.80. The minimum atomic E-state index is 0.448. The molecule has 164 valence electrons. The summed E-state index contributed by atoms with van der Waals surface area (Å²) in [6, 6.07) is 20.1. The van der Waals surface area contributed by atoms with Crippen LogP contribution in [0.4, 0.5) is 0 Å². The molecule has 2 aromatic carbocycles. The summed E-state index contributed by atoms with van der Waals surface area (Å²) in [4.78, 5) is 11.7. The number of nitrogens with one attached hydrogen (secondary N) is 2. The second-order valence-electron chi connectivity index (χ2n) is 8.47. The van der Waals surface area contributed by atoms with E-state index in [2.05, 4.69) is 92.5 Å². The predicted molar refractivity (Wildman–Crippen MR) is 128 cm³/mol. The van der Waals surface area contributed by atoms with Crippen molar-refractivity contribution in [2.45, 2.75) is 51.9 Å². The largest absolute Gasteiger partial charge is 0.355 e. The molecular weight excluding hydrogens is 384 g/mol. The number of fused-ring (bicyclic) bond motifs is 1. The SMILES string of the molecule is CN=C(NCCn1c(C)nc2ccccc21)NC1CCN(Cc2ccccc2)C(C)C1. The van der Waals surface area contributed by atoms with Gasteiger partial charge in [-0.2, -0.15) is 0 Å². The van der Waals surface area contributed by atoms with Crippen LogP contribution in [0.1, 0.15) is 31.2 Å². The fourth-order valence-electron chi connectivity index (χ4n) is 4.56. The van der Waals surface area contributed by atoms with Crippen LogP contribution in [0, 0.1) is 6.92 Å². The van der Waals surface area contributed by atoms with Crippen LogP contribution >= 0.6 is 0 Å². The summed E-state index contributed by atoms with van der Waals surface area (Å²) in [7, 11) is 1.85. The number of aromatic nitrogens is 2. The molecule has 2 heterocycles. The third-order valence-electron chi connectivity index (χ3n) is 6.28. The Balaban J connectivity index is 1.26. The molecule has 1 aliphatic heterocycles. The number of aliphatic imine (C=N–C) groups is 1. The lowest BCUT2D eigenvalue weighted by Gasteiger charge is -2.38. The second kappa shape index (κ2) is 9.96. The van der Waals surface area contributed by atoms with Crippen LogP contribution in [-0.2, 0) is 13.1 Å². The quantitative estimate of drug-likeness (QED) is 0.475. The van der Waals surface area contributed by atoms with Gasteiger partial charge < -0.3 is 15.2 Å². The maximum absolute atomic E-state index is 4.65. The van der Waals surface area contributed by atoms with Crippen LogP contribution in [0.5, 0.6) is 0 Å². The Labute approximate surface area is 185 Å². The number of likely N-dealkylation sites (tertiary alicyclic amines) is 1. The van der Waals surface area contributed by atoms with Gasteiger partial charge in [-0.05, 0) is 44.4 Å². The standard InChI is InChI=1S/C25H34N6/c1-19-17-22(13-15-30(19)18-21-9-5-4-6-10-21)29-25(26-3)27-14-16-31-20(2)28-23-11-7-8-12-24(23)31/h4-12,19,22H,13-18H2,1-3H3,(H2,26,27,29). The topological polar surface area (TPSA) is 57.5 Å². The molecule has 4 rings (SSSR count). The van der Waals surface area contributed by atoms with Crippen LogP contribution in [-0.4, -0.2) is 52.6 Å². The van der Waals surface area contributed by atoms with Gasteiger partial charge in [0.15, 0.2) is 5.96 Å². The maximum atomic E-state index is 4.65. The fraction of sp³-hybridized carbons (Fsp3) is 0.440. The number of nitrogens with zero attached hydrogens (tertiary/aromatic N) is 4. The van der Waals surface area contributed by atoms with Gasteiger partial charge in [0.2, 0.25) is 0 Å². The Morgan fingerprint density at radius 2 is 1.90 bits per heavy atom. The van der Waals surface area contributed by atoms with Crippen molar-refractivity contribution in [1.29, 1.82) is 0 Å². The Kier molecular flexibility index (Phi) is 6.87. The minimum Gasteiger partial charge on any atom is -0.355 e. The van der Waals surface area contributed by atoms with E-state index < -0.39 is 0 Å². The summed E-state index contributed by atoms with van der Waals surface area (Å²) in [5.74, 6) is 1.93. The van der Waals surface area contributed by atoms with Gasteiger partial charge in [0.1, 0.15) is 5.82 Å². The van der Waals surface area contributed by atoms with Crippen LogP contribution < -0.4 is 10.6 Å². The summed E-state index contributed by atoms with van der Waals surface area (Å²) >= 11 is 0. The third kappa shape index (κ3) is 5.25. The molecular formula is C25H34N6. The number of rotatable bonds is 6. The molecule has 0 saturated carbocycles. The molecule has 0 radical (unpaired) electrons. The number of guanidine groups is 1. The monoisotopic (exact) mass is 418 g/mol. The first-order chi connectivity index (χ1) is 15.1. The number of piperidine rings is 1. The minimum absolute atomic E-state index is 0.448. The number of benzene rings is 2. The number of para-hydroxylation sites is 2. The maximum Gasteiger partial charge on any atom is 0.191 e. The van der Waals surface area contributed by atoms with Crippen molar-refractivity contribution in [1.82, 2.24) is 25.1 Å². The van der Waals surface area contributed by atoms with Gasteiger partial charge in [0.05, 0.1) is 11.0 Å². The van der Waals surface area contributed by atoms with Gasteiger partial charge in [-0.1, -0.05) is 42.5 Å². The van der Waals surface area contributed by atoms with Crippen molar-refractivity contribution in [3.8, 4) is 0 Å². The average Bonchev–Trinajstić information content (AvgIpc) is 3.10. The number of aryl methyl sites for hydroxylation is 1. The van der Waals surface area contributed by atoms with E-state index in [1.807, 2.05) is 13.1 Å². The van der Waals surface area contributed by atoms with Crippen molar-refractivity contribution in [2.75, 3.05) is 20.1 Å². The fourth-order valence-corrected chi connectivity index (χ4v) is 4.56. The zero-order valence-corrected chi connectivity index (χ0v) is 18.9. The van der Waals surface area contributed by atoms with E-state index in [9.17, 15) is 0 Å². The van der Waals surface area contributed by atoms with Gasteiger partial charge in [-0.15, -0.1) is 0 Å². The van der Waals surface area contributed by atoms with Crippen LogP contribution in [0.25, 0.3) is 11.0 Å². The lowest BCUT2D eigenvalue weighted by Crippen LogP contribution is -2.51. The zero-order valence-electron chi connectivity index (χ0n) is 18.9. The smallest absolute Gasteiger partial charge is 0.191 e. The van der Waals surface area contributed by atoms with Crippen molar-refractivity contribution in [3.05, 3.63) is 66.0 Å². The Morgan fingerprint density at radius 1 is 1.13 bits per heavy atom. The van der Waals surface area contributed by atoms with Crippen LogP contribution in [0.15, 0.2) is 59.6 Å². The van der Waals surface area contributed by atoms with E-state index in [1.165, 1.54) is 11.1 Å². The predicted octanol–water partition coefficient (Wildman–Crippen LogP) is 3.56. The molecule has 2 atom stereocenters. The number of hydrogen-bond acceptors (Lipinski definition) is 3. The molecule has 6 heteroatoms. The molecule has 2 N–H and O–H groups in total. The summed E-state index contributed by atoms with van der Waals surface area (Å²) in [6.45, 7) is 8.20. The lowest BCUT2D eigenvalue weighted by molar-refractivity contribution is 0.134. The van der Waals surface area contributed by atoms with E-state index in [1.54, 1.807) is 0 Å². The van der Waals surface area contributed by atoms with Gasteiger partial charge in [-0.25, -0.2) is 4.98 Å². The number of hydrogen-bond donors (Lipinski definition) is 2. The molecule has 1 saturated heterocycles. The van der Waals surface area contributed by atoms with Crippen molar-refractivity contribution < 1.29 is 0 Å². The molecule has 0 aliphatic carbocycles. The highest BCUT2D eigenvalue weighted by atomic mass is 15.2. The Hall–Kier alpha value is -2.86. The van der Waals surface area contributed by atoms with Gasteiger partial charge in [-0.3, -0.25) is 9.89 Å². The molecule has 1 aliphatic rings. The van der Waals surface area contributed by atoms with Crippen LogP contribution in [0.3, 0.4) is 0 Å². The van der Waals surface area contributed by atoms with Gasteiger partial charge in [0.25, 0.3) is 0 Å². The number of imidazole rings is 1. The van der Waals surface area contributed by atoms with Gasteiger partial charge in [0, 0.05) is 45.3 Å². The molecule has 0 spiro atoms. The zero-order chi connectivity index (χ0) is 21.6. The molecule has 0 amide bonds. The summed E-state index contributed by atoms with van der Waals surface area (Å²) in [5, 5.41) is 7.13. The Morgan fingerprint density at radius 3 is 2.68 bits per heavy atom. The van der Waals surface area contributed by atoms with E-state index >= 15 is 0 Å². The first-order valence-electron chi connectivity index (χ1n) is 11.3. The van der Waals surface area contributed by atoms with Gasteiger partial charge >= 0.3 is 0 Å². The highest BCUT2D eigenvalue weighted by Gasteiger charge is 2.25. The summed E-state index contributed by atoms with van der Waals surface area (Å²) < 4.78 is 2.26. The molecule has 3 aromatic rings. The molecule has 0 bridgehead atoms. The molecule has 6 nitrogen and oxygen atoms in total. The van der Waals surface area contributed by atoms with E-state index in [0.29, 0.717) is 12.1 Å². The van der Waals surface area contributed by atoms with E-state index in [4.69, 9.17) is 0 Å². The molecule has 1 fully saturated rings. The summed E-state index contributed by atoms with van der Waals surface area (Å²) in [5.41, 5.74) is 3.63. The van der Waals surface area contributed by atoms with E-state index in [-0.39, 0.29) is 0 Å². The summed E-state index contributed by atoms with van der Waals surface area (Å²) in [6.07, 6.45) is 2.25. The van der Waals surface area contributed by atoms with E-state index in [0.717, 1.165) is 56.3 Å². The van der Waals surface area contributed by atoms with Crippen LogP contribution in [0.2, 0.25) is 0 Å². The highest BCUT2D eigenvalue weighted by Crippen LogP contribution is 2.20. The van der Waals surface area contributed by atoms with Crippen molar-refractivity contribution in [2.24, 2.45) is 4.99 Å². The first kappa shape index (κ1) is 21.4. The average molecular weight is 419 g/mol.